The number of halogens is 1. The number of hydrogen-bond donors (Lipinski definition) is 1. The van der Waals surface area contributed by atoms with Crippen LogP contribution in [0.25, 0.3) is 11.1 Å². The molecule has 6 heteroatoms. The highest BCUT2D eigenvalue weighted by Gasteiger charge is 2.09. The summed E-state index contributed by atoms with van der Waals surface area (Å²) >= 11 is 6.00. The first-order chi connectivity index (χ1) is 15.0. The number of nitrogens with zero attached hydrogens (tertiary/aromatic N) is 1. The third kappa shape index (κ3) is 5.44. The molecule has 0 saturated carbocycles. The number of ether oxygens (including phenoxy) is 1. The van der Waals surface area contributed by atoms with Crippen LogP contribution in [0.2, 0.25) is 5.02 Å². The number of hydrogen-bond acceptors (Lipinski definition) is 4. The molecule has 0 unspecified atom stereocenters. The maximum atomic E-state index is 12.2. The van der Waals surface area contributed by atoms with Crippen LogP contribution in [-0.4, -0.2) is 17.5 Å². The van der Waals surface area contributed by atoms with Gasteiger partial charge in [-0.3, -0.25) is 4.79 Å². The Labute approximate surface area is 186 Å². The monoisotopic (exact) mass is 434 g/mol. The van der Waals surface area contributed by atoms with Crippen LogP contribution in [0.1, 0.15) is 36.8 Å². The van der Waals surface area contributed by atoms with Crippen molar-refractivity contribution in [1.82, 2.24) is 4.98 Å². The Bertz CT molecular complexity index is 1180. The van der Waals surface area contributed by atoms with E-state index in [1.54, 1.807) is 12.1 Å². The minimum Gasteiger partial charge on any atom is -0.484 e. The summed E-state index contributed by atoms with van der Waals surface area (Å²) in [4.78, 5) is 16.7. The van der Waals surface area contributed by atoms with Crippen LogP contribution >= 0.6 is 11.6 Å². The van der Waals surface area contributed by atoms with Gasteiger partial charge in [-0.05, 0) is 59.5 Å². The summed E-state index contributed by atoms with van der Waals surface area (Å²) in [5, 5.41) is 3.47. The average Bonchev–Trinajstić information content (AvgIpc) is 3.15. The van der Waals surface area contributed by atoms with Crippen molar-refractivity contribution in [2.24, 2.45) is 0 Å². The SMILES string of the molecule is CC(C)c1ccc(OCC(=O)Nc2ccc(Cc3nc4cc(Cl)ccc4o3)cc2)cc1. The fraction of sp³-hybridized carbons (Fsp3) is 0.200. The van der Waals surface area contributed by atoms with E-state index in [4.69, 9.17) is 20.8 Å². The third-order valence-electron chi connectivity index (χ3n) is 4.90. The molecular formula is C25H23ClN2O3. The van der Waals surface area contributed by atoms with Crippen molar-refractivity contribution in [1.29, 1.82) is 0 Å². The van der Waals surface area contributed by atoms with Crippen LogP contribution in [0.3, 0.4) is 0 Å². The molecule has 4 rings (SSSR count). The Balaban J connectivity index is 1.30. The Morgan fingerprint density at radius 2 is 1.81 bits per heavy atom. The number of oxazole rings is 1. The summed E-state index contributed by atoms with van der Waals surface area (Å²) in [6, 6.07) is 20.7. The quantitative estimate of drug-likeness (QED) is 0.375. The lowest BCUT2D eigenvalue weighted by Crippen LogP contribution is -2.20. The zero-order valence-electron chi connectivity index (χ0n) is 17.4. The normalized spacial score (nSPS) is 11.1. The van der Waals surface area contributed by atoms with Gasteiger partial charge < -0.3 is 14.5 Å². The fourth-order valence-electron chi connectivity index (χ4n) is 3.20. The van der Waals surface area contributed by atoms with Gasteiger partial charge in [-0.25, -0.2) is 4.98 Å². The van der Waals surface area contributed by atoms with E-state index in [2.05, 4.69) is 24.1 Å². The summed E-state index contributed by atoms with van der Waals surface area (Å²) in [7, 11) is 0. The van der Waals surface area contributed by atoms with Crippen molar-refractivity contribution >= 4 is 34.3 Å². The zero-order valence-corrected chi connectivity index (χ0v) is 18.1. The molecule has 0 atom stereocenters. The van der Waals surface area contributed by atoms with Gasteiger partial charge in [-0.15, -0.1) is 0 Å². The molecule has 1 aromatic heterocycles. The van der Waals surface area contributed by atoms with Crippen molar-refractivity contribution in [3.63, 3.8) is 0 Å². The molecule has 3 aromatic carbocycles. The summed E-state index contributed by atoms with van der Waals surface area (Å²) < 4.78 is 11.3. The van der Waals surface area contributed by atoms with E-state index in [-0.39, 0.29) is 12.5 Å². The van der Waals surface area contributed by atoms with Crippen LogP contribution in [0.4, 0.5) is 5.69 Å². The van der Waals surface area contributed by atoms with E-state index < -0.39 is 0 Å². The maximum absolute atomic E-state index is 12.2. The molecule has 1 heterocycles. The number of carbonyl (C=O) groups excluding carboxylic acids is 1. The van der Waals surface area contributed by atoms with Crippen molar-refractivity contribution in [2.75, 3.05) is 11.9 Å². The molecule has 31 heavy (non-hydrogen) atoms. The molecule has 0 fully saturated rings. The predicted molar refractivity (Wildman–Crippen MR) is 123 cm³/mol. The molecule has 0 radical (unpaired) electrons. The van der Waals surface area contributed by atoms with Crippen LogP contribution in [0.5, 0.6) is 5.75 Å². The van der Waals surface area contributed by atoms with Crippen molar-refractivity contribution in [3.8, 4) is 5.75 Å². The van der Waals surface area contributed by atoms with Crippen molar-refractivity contribution in [3.05, 3.63) is 88.8 Å². The molecule has 0 saturated heterocycles. The molecule has 1 amide bonds. The van der Waals surface area contributed by atoms with E-state index in [1.165, 1.54) is 5.56 Å². The third-order valence-corrected chi connectivity index (χ3v) is 5.14. The number of fused-ring (bicyclic) bond motifs is 1. The smallest absolute Gasteiger partial charge is 0.262 e. The Kier molecular flexibility index (Phi) is 6.23. The van der Waals surface area contributed by atoms with Gasteiger partial charge in [0.1, 0.15) is 11.3 Å². The fourth-order valence-corrected chi connectivity index (χ4v) is 3.37. The molecule has 0 aliphatic rings. The van der Waals surface area contributed by atoms with Gasteiger partial charge in [-0.2, -0.15) is 0 Å². The number of carbonyl (C=O) groups is 1. The summed E-state index contributed by atoms with van der Waals surface area (Å²) in [6.45, 7) is 4.23. The largest absolute Gasteiger partial charge is 0.484 e. The molecule has 1 N–H and O–H groups in total. The van der Waals surface area contributed by atoms with E-state index in [0.29, 0.717) is 40.3 Å². The van der Waals surface area contributed by atoms with E-state index in [0.717, 1.165) is 11.1 Å². The Morgan fingerprint density at radius 3 is 2.52 bits per heavy atom. The molecule has 4 aromatic rings. The lowest BCUT2D eigenvalue weighted by molar-refractivity contribution is -0.118. The van der Waals surface area contributed by atoms with Gasteiger partial charge >= 0.3 is 0 Å². The van der Waals surface area contributed by atoms with Gasteiger partial charge in [0.2, 0.25) is 0 Å². The minimum absolute atomic E-state index is 0.0474. The van der Waals surface area contributed by atoms with Crippen LogP contribution in [-0.2, 0) is 11.2 Å². The first-order valence-electron chi connectivity index (χ1n) is 10.1. The Morgan fingerprint density at radius 1 is 1.06 bits per heavy atom. The minimum atomic E-state index is -0.212. The lowest BCUT2D eigenvalue weighted by atomic mass is 10.0. The number of aromatic nitrogens is 1. The van der Waals surface area contributed by atoms with Crippen LogP contribution in [0, 0.1) is 0 Å². The number of benzene rings is 3. The van der Waals surface area contributed by atoms with Crippen molar-refractivity contribution < 1.29 is 13.9 Å². The highest BCUT2D eigenvalue weighted by Crippen LogP contribution is 2.22. The Hall–Kier alpha value is -3.31. The maximum Gasteiger partial charge on any atom is 0.262 e. The van der Waals surface area contributed by atoms with Gasteiger partial charge in [0.15, 0.2) is 18.1 Å². The second-order valence-electron chi connectivity index (χ2n) is 7.65. The molecule has 158 valence electrons. The molecular weight excluding hydrogens is 412 g/mol. The molecule has 5 nitrogen and oxygen atoms in total. The molecule has 0 bridgehead atoms. The van der Waals surface area contributed by atoms with Gasteiger partial charge in [-0.1, -0.05) is 49.7 Å². The first kappa shape index (κ1) is 20.9. The number of amides is 1. The molecule has 0 spiro atoms. The van der Waals surface area contributed by atoms with Crippen LogP contribution in [0.15, 0.2) is 71.1 Å². The second kappa shape index (κ2) is 9.23. The highest BCUT2D eigenvalue weighted by atomic mass is 35.5. The standard InChI is InChI=1S/C25H23ClN2O3/c1-16(2)18-5-10-21(11-6-18)30-15-24(29)27-20-8-3-17(4-9-20)13-25-28-22-14-19(26)7-12-23(22)31-25/h3-12,14,16H,13,15H2,1-2H3,(H,27,29). The molecule has 0 aliphatic heterocycles. The van der Waals surface area contributed by atoms with E-state index in [1.807, 2.05) is 54.6 Å². The number of rotatable bonds is 7. The average molecular weight is 435 g/mol. The first-order valence-corrected chi connectivity index (χ1v) is 10.5. The topological polar surface area (TPSA) is 64.4 Å². The van der Waals surface area contributed by atoms with Crippen molar-refractivity contribution in [2.45, 2.75) is 26.2 Å². The van der Waals surface area contributed by atoms with Gasteiger partial charge in [0, 0.05) is 17.1 Å². The summed E-state index contributed by atoms with van der Waals surface area (Å²) in [5.41, 5.74) is 4.42. The van der Waals surface area contributed by atoms with Gasteiger partial charge in [0.05, 0.1) is 0 Å². The molecule has 0 aliphatic carbocycles. The lowest BCUT2D eigenvalue weighted by Gasteiger charge is -2.10. The zero-order chi connectivity index (χ0) is 21.8. The summed E-state index contributed by atoms with van der Waals surface area (Å²) in [5.74, 6) is 1.54. The number of nitrogens with one attached hydrogen (secondary N) is 1. The van der Waals surface area contributed by atoms with E-state index >= 15 is 0 Å². The van der Waals surface area contributed by atoms with Crippen LogP contribution < -0.4 is 10.1 Å². The van der Waals surface area contributed by atoms with E-state index in [9.17, 15) is 4.79 Å². The highest BCUT2D eigenvalue weighted by molar-refractivity contribution is 6.31. The van der Waals surface area contributed by atoms with Gasteiger partial charge in [0.25, 0.3) is 5.91 Å². The second-order valence-corrected chi connectivity index (χ2v) is 8.09. The predicted octanol–water partition coefficient (Wildman–Crippen LogP) is 6.21. The number of anilines is 1. The summed E-state index contributed by atoms with van der Waals surface area (Å²) in [6.07, 6.45) is 0.552.